The van der Waals surface area contributed by atoms with E-state index >= 15 is 0 Å². The average molecular weight is 1400 g/mol. The van der Waals surface area contributed by atoms with Crippen molar-refractivity contribution in [2.24, 2.45) is 34.9 Å². The van der Waals surface area contributed by atoms with Crippen molar-refractivity contribution in [1.29, 1.82) is 0 Å². The molecule has 7 aromatic rings. The second-order valence-corrected chi connectivity index (χ2v) is 21.7. The molecule has 21 nitrogen and oxygen atoms in total. The van der Waals surface area contributed by atoms with Crippen molar-refractivity contribution in [2.75, 3.05) is 156 Å². The van der Waals surface area contributed by atoms with Crippen molar-refractivity contribution in [1.82, 2.24) is 71.3 Å². The van der Waals surface area contributed by atoms with Crippen LogP contribution in [0, 0.1) is 0 Å². The predicted octanol–water partition coefficient (Wildman–Crippen LogP) is 11.0. The minimum atomic E-state index is 0. The van der Waals surface area contributed by atoms with Gasteiger partial charge in [0.25, 0.3) is 0 Å². The van der Waals surface area contributed by atoms with Gasteiger partial charge in [0.1, 0.15) is 0 Å². The number of halogens is 2. The minimum absolute atomic E-state index is 0. The number of unbranched alkanes of at least 4 members (excludes halogenated alkanes) is 3. The van der Waals surface area contributed by atoms with Gasteiger partial charge >= 0.3 is 0 Å². The van der Waals surface area contributed by atoms with E-state index in [1.165, 1.54) is 25.7 Å². The summed E-state index contributed by atoms with van der Waals surface area (Å²) in [5.74, 6) is 0.722. The summed E-state index contributed by atoms with van der Waals surface area (Å²) in [6, 6.07) is 40.8. The van der Waals surface area contributed by atoms with E-state index < -0.39 is 0 Å². The Morgan fingerprint density at radius 2 is 0.570 bits per heavy atom. The third-order valence-corrected chi connectivity index (χ3v) is 13.3. The van der Waals surface area contributed by atoms with E-state index in [9.17, 15) is 0 Å². The van der Waals surface area contributed by atoms with Gasteiger partial charge in [0.05, 0.1) is 79.1 Å². The fraction of sp³-hybridized carbons (Fsp3) is 0.455. The number of hydrogen-bond donors (Lipinski definition) is 5. The van der Waals surface area contributed by atoms with Gasteiger partial charge < -0.3 is 26.6 Å². The molecule has 0 radical (unpaired) electrons. The fourth-order valence-corrected chi connectivity index (χ4v) is 8.17. The molecule has 0 amide bonds. The van der Waals surface area contributed by atoms with Gasteiger partial charge in [-0.15, -0.1) is 11.6 Å². The third kappa shape index (κ3) is 57.6. The Morgan fingerprint density at radius 1 is 0.310 bits per heavy atom. The highest BCUT2D eigenvalue weighted by atomic mass is 35.5. The number of pyridine rings is 7. The fourth-order valence-electron chi connectivity index (χ4n) is 8.17. The summed E-state index contributed by atoms with van der Waals surface area (Å²) in [6.45, 7) is 33.8. The van der Waals surface area contributed by atoms with Crippen molar-refractivity contribution in [3.8, 4) is 0 Å². The van der Waals surface area contributed by atoms with E-state index in [1.54, 1.807) is 49.6 Å². The Labute approximate surface area is 606 Å². The van der Waals surface area contributed by atoms with Crippen LogP contribution in [0.15, 0.2) is 206 Å². The SMILES string of the molecule is C.CCCl.CCN(CCN=Cc1ccccn1)CCN=Cc1ccccn1.CCNCCCCCCN=Cc1ccccn1.CCNCCN(CCN=Cc1ccccn1)CCN=Cc1ccccn1.CCNCCN=Cc1ccccn1.CCNCCNCCN=Cc1ccccn1.F.[HH]. The lowest BCUT2D eigenvalue weighted by Crippen LogP contribution is -2.35. The van der Waals surface area contributed by atoms with E-state index in [0.29, 0.717) is 0 Å². The molecule has 5 N–H and O–H groups in total. The first-order valence-electron chi connectivity index (χ1n) is 34.9. The molecule has 0 fully saturated rings. The van der Waals surface area contributed by atoms with E-state index in [1.807, 2.05) is 172 Å². The highest BCUT2D eigenvalue weighted by Gasteiger charge is 2.04. The minimum Gasteiger partial charge on any atom is -0.317 e. The van der Waals surface area contributed by atoms with Crippen LogP contribution in [0.1, 0.15) is 116 Å². The maximum absolute atomic E-state index is 5.00. The van der Waals surface area contributed by atoms with Crippen molar-refractivity contribution in [3.05, 3.63) is 211 Å². The highest BCUT2D eigenvalue weighted by molar-refractivity contribution is 6.17. The van der Waals surface area contributed by atoms with Crippen LogP contribution in [0.4, 0.5) is 4.70 Å². The Morgan fingerprint density at radius 3 is 0.880 bits per heavy atom. The molecule has 0 spiro atoms. The maximum atomic E-state index is 5.00. The first kappa shape index (κ1) is 91.7. The molecule has 0 aliphatic heterocycles. The molecule has 0 aliphatic carbocycles. The molecular weight excluding hydrogens is 1270 g/mol. The van der Waals surface area contributed by atoms with Crippen LogP contribution in [0.2, 0.25) is 0 Å². The zero-order chi connectivity index (χ0) is 70.2. The summed E-state index contributed by atoms with van der Waals surface area (Å²) in [4.78, 5) is 64.8. The molecule has 23 heteroatoms. The van der Waals surface area contributed by atoms with Gasteiger partial charge in [-0.05, 0) is 137 Å². The Kier molecular flexibility index (Phi) is 66.0. The first-order chi connectivity index (χ1) is 48.5. The summed E-state index contributed by atoms with van der Waals surface area (Å²) in [5.41, 5.74) is 6.36. The molecule has 0 aromatic carbocycles. The van der Waals surface area contributed by atoms with Crippen LogP contribution >= 0.6 is 11.6 Å². The molecule has 7 rings (SSSR count). The van der Waals surface area contributed by atoms with Crippen LogP contribution in [0.3, 0.4) is 0 Å². The third-order valence-electron chi connectivity index (χ3n) is 13.3. The summed E-state index contributed by atoms with van der Waals surface area (Å²) in [7, 11) is 0. The molecule has 0 saturated heterocycles. The summed E-state index contributed by atoms with van der Waals surface area (Å²) >= 11 is 5.00. The van der Waals surface area contributed by atoms with Crippen molar-refractivity contribution in [2.45, 2.75) is 74.7 Å². The standard InChI is InChI=1S/C20H28N6.C18H23N5.C14H23N3.C12H20N4.C10H15N3.C2H5Cl.CH4.FH.H2/c1-2-21-11-14-26(15-12-22-17-19-7-3-5-9-24-19)16-13-23-18-20-8-4-6-10-25-20;1-2-23(13-11-19-15-17-7-3-5-9-21-17)14-12-20-16-18-8-4-6-10-22-18;1-2-15-10-6-3-4-7-11-16-13-14-9-5-8-12-17-14;1-2-13-7-8-14-9-10-15-11-12-5-3-4-6-16-12;1-2-11-7-8-12-9-10-5-3-4-6-13-10;1-2-3;;;/h3-10,17-18,21H,2,11-16H2,1H3;3-10,15-16H,2,11-14H2,1H3;5,8-9,12-13,15H,2-4,6-7,10-11H2,1H3;3-6,11,13-14H,2,7-10H2,1H3;3-6,9,11H,2,7-8H2,1H3;2H2,1H3;1H4;2*1H. The number of aliphatic imine (C=N–C) groups is 7. The lowest BCUT2D eigenvalue weighted by molar-refractivity contribution is 0.289. The average Bonchev–Trinajstić information content (AvgIpc) is 3.86. The molecule has 0 bridgehead atoms. The second-order valence-electron chi connectivity index (χ2n) is 21.2. The van der Waals surface area contributed by atoms with E-state index in [4.69, 9.17) is 11.6 Å². The van der Waals surface area contributed by atoms with Crippen molar-refractivity contribution in [3.63, 3.8) is 0 Å². The van der Waals surface area contributed by atoms with Crippen LogP contribution in [-0.2, 0) is 0 Å². The van der Waals surface area contributed by atoms with Gasteiger partial charge in [0.15, 0.2) is 0 Å². The lowest BCUT2D eigenvalue weighted by Gasteiger charge is -2.20. The topological polar surface area (TPSA) is 243 Å². The largest absolute Gasteiger partial charge is 0.317 e. The summed E-state index contributed by atoms with van der Waals surface area (Å²) in [5, 5.41) is 16.5. The van der Waals surface area contributed by atoms with Gasteiger partial charge in [0, 0.05) is 166 Å². The molecule has 0 aliphatic rings. The Hall–Kier alpha value is -8.32. The van der Waals surface area contributed by atoms with Crippen LogP contribution < -0.4 is 26.6 Å². The van der Waals surface area contributed by atoms with Crippen molar-refractivity contribution >= 4 is 55.1 Å². The second kappa shape index (κ2) is 71.9. The van der Waals surface area contributed by atoms with Crippen LogP contribution in [-0.4, -0.2) is 245 Å². The molecular formula is C77H121ClFN21. The summed E-state index contributed by atoms with van der Waals surface area (Å²) < 4.78 is 0. The number of nitrogens with zero attached hydrogens (tertiary/aromatic N) is 16. The first-order valence-corrected chi connectivity index (χ1v) is 35.4. The lowest BCUT2D eigenvalue weighted by atomic mass is 10.2. The Balaban J connectivity index is 0. The quantitative estimate of drug-likeness (QED) is 0.0136. The number of aromatic nitrogens is 7. The van der Waals surface area contributed by atoms with E-state index in [0.717, 1.165) is 196 Å². The smallest absolute Gasteiger partial charge is 0.0807 e. The monoisotopic (exact) mass is 1390 g/mol. The highest BCUT2D eigenvalue weighted by Crippen LogP contribution is 2.01. The molecule has 0 saturated carbocycles. The van der Waals surface area contributed by atoms with Gasteiger partial charge in [-0.2, -0.15) is 0 Å². The normalized spacial score (nSPS) is 11.0. The molecule has 100 heavy (non-hydrogen) atoms. The van der Waals surface area contributed by atoms with E-state index in [-0.39, 0.29) is 13.6 Å². The zero-order valence-electron chi connectivity index (χ0n) is 59.9. The van der Waals surface area contributed by atoms with E-state index in [2.05, 4.69) is 141 Å². The molecule has 0 unspecified atom stereocenters. The Bertz CT molecular complexity index is 2920. The number of likely N-dealkylation sites (N-methyl/N-ethyl adjacent to an activating group) is 4. The number of hydrogen-bond acceptors (Lipinski definition) is 21. The number of alkyl halides is 1. The van der Waals surface area contributed by atoms with Crippen LogP contribution in [0.5, 0.6) is 0 Å². The zero-order valence-corrected chi connectivity index (χ0v) is 60.7. The number of rotatable bonds is 43. The maximum Gasteiger partial charge on any atom is 0.0807 e. The van der Waals surface area contributed by atoms with Crippen molar-refractivity contribution < 1.29 is 6.13 Å². The molecule has 548 valence electrons. The van der Waals surface area contributed by atoms with Gasteiger partial charge in [-0.3, -0.25) is 84.3 Å². The van der Waals surface area contributed by atoms with Crippen LogP contribution in [0.25, 0.3) is 0 Å². The summed E-state index contributed by atoms with van der Waals surface area (Å²) in [6.07, 6.45) is 30.3. The molecule has 7 heterocycles. The predicted molar refractivity (Wildman–Crippen MR) is 429 cm³/mol. The molecule has 7 aromatic heterocycles. The number of nitrogens with one attached hydrogen (secondary N) is 5. The van der Waals surface area contributed by atoms with Gasteiger partial charge in [-0.1, -0.05) is 104 Å². The van der Waals surface area contributed by atoms with Gasteiger partial charge in [0.2, 0.25) is 0 Å². The van der Waals surface area contributed by atoms with Gasteiger partial charge in [-0.25, -0.2) is 0 Å². The molecule has 0 atom stereocenters.